The molecule has 0 rings (SSSR count). The predicted molar refractivity (Wildman–Crippen MR) is 121 cm³/mol. The first-order chi connectivity index (χ1) is 13.9. The minimum absolute atomic E-state index is 0.195. The molecule has 4 heteroatoms. The first kappa shape index (κ1) is 27.9. The van der Waals surface area contributed by atoms with Gasteiger partial charge in [-0.1, -0.05) is 91.9 Å². The molecule has 0 radical (unpaired) electrons. The highest BCUT2D eigenvalue weighted by Gasteiger charge is 2.07. The summed E-state index contributed by atoms with van der Waals surface area (Å²) in [5.41, 5.74) is 0. The molecule has 0 aromatic carbocycles. The van der Waals surface area contributed by atoms with Gasteiger partial charge >= 0.3 is 11.9 Å². The summed E-state index contributed by atoms with van der Waals surface area (Å²) in [5.74, 6) is 1.19. The second-order valence-electron chi connectivity index (χ2n) is 9.20. The van der Waals surface area contributed by atoms with E-state index in [4.69, 9.17) is 9.47 Å². The summed E-state index contributed by atoms with van der Waals surface area (Å²) in [6.45, 7) is 10.0. The van der Waals surface area contributed by atoms with Crippen molar-refractivity contribution in [1.29, 1.82) is 0 Å². The van der Waals surface area contributed by atoms with Crippen molar-refractivity contribution in [1.82, 2.24) is 0 Å². The number of unbranched alkanes of at least 4 members (excludes halogenated alkanes) is 8. The zero-order valence-electron chi connectivity index (χ0n) is 19.8. The van der Waals surface area contributed by atoms with Gasteiger partial charge in [-0.15, -0.1) is 0 Å². The third kappa shape index (κ3) is 23.1. The Bertz CT molecular complexity index is 354. The van der Waals surface area contributed by atoms with Crippen LogP contribution in [0, 0.1) is 11.8 Å². The highest BCUT2D eigenvalue weighted by atomic mass is 16.5. The Hall–Kier alpha value is -1.06. The summed E-state index contributed by atoms with van der Waals surface area (Å²) >= 11 is 0. The van der Waals surface area contributed by atoms with Crippen LogP contribution >= 0.6 is 0 Å². The van der Waals surface area contributed by atoms with Crippen LogP contribution in [0.4, 0.5) is 0 Å². The van der Waals surface area contributed by atoms with Gasteiger partial charge in [0.25, 0.3) is 0 Å². The van der Waals surface area contributed by atoms with Gasteiger partial charge in [0.05, 0.1) is 13.2 Å². The number of rotatable bonds is 20. The normalized spacial score (nSPS) is 11.2. The number of carbonyl (C=O) groups excluding carboxylic acids is 2. The topological polar surface area (TPSA) is 52.6 Å². The lowest BCUT2D eigenvalue weighted by molar-refractivity contribution is -0.145. The molecule has 0 aliphatic heterocycles. The third-order valence-electron chi connectivity index (χ3n) is 5.14. The number of hydrogen-bond donors (Lipinski definition) is 0. The van der Waals surface area contributed by atoms with Crippen LogP contribution in [-0.4, -0.2) is 25.2 Å². The molecule has 0 aromatic rings. The van der Waals surface area contributed by atoms with Crippen LogP contribution in [0.5, 0.6) is 0 Å². The molecule has 0 aliphatic carbocycles. The largest absolute Gasteiger partial charge is 0.466 e. The standard InChI is InChI=1S/C25H48O4/c1-22(2)16-11-7-5-9-13-20-28-24(26)18-15-19-25(27)29-21-14-10-6-8-12-17-23(3)4/h22-23H,5-21H2,1-4H3. The van der Waals surface area contributed by atoms with Crippen LogP contribution < -0.4 is 0 Å². The first-order valence-electron chi connectivity index (χ1n) is 12.2. The SMILES string of the molecule is CC(C)CCCCCCCOC(=O)CCCC(=O)OCCCCCCCC(C)C. The average Bonchev–Trinajstić information content (AvgIpc) is 2.65. The van der Waals surface area contributed by atoms with Crippen molar-refractivity contribution in [2.75, 3.05) is 13.2 Å². The molecule has 0 aliphatic rings. The minimum Gasteiger partial charge on any atom is -0.466 e. The van der Waals surface area contributed by atoms with Crippen LogP contribution in [0.15, 0.2) is 0 Å². The van der Waals surface area contributed by atoms with Gasteiger partial charge in [-0.25, -0.2) is 0 Å². The molecule has 0 unspecified atom stereocenters. The summed E-state index contributed by atoms with van der Waals surface area (Å²) in [6.07, 6.45) is 15.4. The van der Waals surface area contributed by atoms with E-state index in [-0.39, 0.29) is 11.9 Å². The van der Waals surface area contributed by atoms with E-state index in [1.165, 1.54) is 51.4 Å². The monoisotopic (exact) mass is 412 g/mol. The summed E-state index contributed by atoms with van der Waals surface area (Å²) in [7, 11) is 0. The second-order valence-corrected chi connectivity index (χ2v) is 9.20. The molecule has 0 aromatic heterocycles. The average molecular weight is 413 g/mol. The molecule has 0 saturated carbocycles. The molecule has 172 valence electrons. The lowest BCUT2D eigenvalue weighted by atomic mass is 10.0. The Kier molecular flexibility index (Phi) is 19.5. The van der Waals surface area contributed by atoms with Crippen LogP contribution in [-0.2, 0) is 19.1 Å². The van der Waals surface area contributed by atoms with E-state index in [1.807, 2.05) is 0 Å². The second kappa shape index (κ2) is 20.2. The molecular weight excluding hydrogens is 364 g/mol. The van der Waals surface area contributed by atoms with Gasteiger partial charge in [-0.2, -0.15) is 0 Å². The van der Waals surface area contributed by atoms with Crippen LogP contribution in [0.1, 0.15) is 124 Å². The smallest absolute Gasteiger partial charge is 0.305 e. The fourth-order valence-electron chi connectivity index (χ4n) is 3.26. The maximum absolute atomic E-state index is 11.7. The van der Waals surface area contributed by atoms with Gasteiger partial charge < -0.3 is 9.47 Å². The Morgan fingerprint density at radius 1 is 0.517 bits per heavy atom. The van der Waals surface area contributed by atoms with Gasteiger partial charge in [0.2, 0.25) is 0 Å². The fraction of sp³-hybridized carbons (Fsp3) is 0.920. The van der Waals surface area contributed by atoms with Gasteiger partial charge in [0.15, 0.2) is 0 Å². The van der Waals surface area contributed by atoms with Crippen LogP contribution in [0.2, 0.25) is 0 Å². The summed E-state index contributed by atoms with van der Waals surface area (Å²) in [5, 5.41) is 0. The molecule has 29 heavy (non-hydrogen) atoms. The van der Waals surface area contributed by atoms with Crippen LogP contribution in [0.25, 0.3) is 0 Å². The molecule has 0 amide bonds. The predicted octanol–water partition coefficient (Wildman–Crippen LogP) is 7.24. The molecule has 0 saturated heterocycles. The van der Waals surface area contributed by atoms with Crippen molar-refractivity contribution >= 4 is 11.9 Å². The lowest BCUT2D eigenvalue weighted by Gasteiger charge is -2.07. The highest BCUT2D eigenvalue weighted by molar-refractivity contribution is 5.72. The van der Waals surface area contributed by atoms with Gasteiger partial charge in [0.1, 0.15) is 0 Å². The number of carbonyl (C=O) groups is 2. The van der Waals surface area contributed by atoms with Crippen molar-refractivity contribution in [2.45, 2.75) is 124 Å². The summed E-state index contributed by atoms with van der Waals surface area (Å²) in [6, 6.07) is 0. The van der Waals surface area contributed by atoms with Gasteiger partial charge in [0, 0.05) is 12.8 Å². The van der Waals surface area contributed by atoms with Crippen molar-refractivity contribution < 1.29 is 19.1 Å². The van der Waals surface area contributed by atoms with E-state index in [0.717, 1.165) is 37.5 Å². The first-order valence-corrected chi connectivity index (χ1v) is 12.2. The molecule has 0 atom stereocenters. The van der Waals surface area contributed by atoms with E-state index in [0.29, 0.717) is 32.5 Å². The van der Waals surface area contributed by atoms with Crippen molar-refractivity contribution in [3.63, 3.8) is 0 Å². The number of ether oxygens (including phenoxy) is 2. The Morgan fingerprint density at radius 3 is 1.24 bits per heavy atom. The zero-order chi connectivity index (χ0) is 21.7. The summed E-state index contributed by atoms with van der Waals surface area (Å²) < 4.78 is 10.5. The maximum Gasteiger partial charge on any atom is 0.305 e. The van der Waals surface area contributed by atoms with E-state index < -0.39 is 0 Å². The maximum atomic E-state index is 11.7. The van der Waals surface area contributed by atoms with Gasteiger partial charge in [-0.05, 0) is 31.1 Å². The molecule has 0 spiro atoms. The quantitative estimate of drug-likeness (QED) is 0.156. The van der Waals surface area contributed by atoms with Crippen molar-refractivity contribution in [2.24, 2.45) is 11.8 Å². The van der Waals surface area contributed by atoms with Gasteiger partial charge in [-0.3, -0.25) is 9.59 Å². The molecule has 0 bridgehead atoms. The van der Waals surface area contributed by atoms with Crippen molar-refractivity contribution in [3.8, 4) is 0 Å². The minimum atomic E-state index is -0.195. The number of esters is 2. The lowest BCUT2D eigenvalue weighted by Crippen LogP contribution is -2.09. The molecule has 0 N–H and O–H groups in total. The van der Waals surface area contributed by atoms with E-state index in [1.54, 1.807) is 0 Å². The van der Waals surface area contributed by atoms with E-state index >= 15 is 0 Å². The highest BCUT2D eigenvalue weighted by Crippen LogP contribution is 2.12. The molecule has 0 heterocycles. The fourth-order valence-corrected chi connectivity index (χ4v) is 3.26. The Balaban J connectivity index is 3.35. The third-order valence-corrected chi connectivity index (χ3v) is 5.14. The van der Waals surface area contributed by atoms with Crippen LogP contribution in [0.3, 0.4) is 0 Å². The Labute approximate surface area is 180 Å². The summed E-state index contributed by atoms with van der Waals surface area (Å²) in [4.78, 5) is 23.4. The van der Waals surface area contributed by atoms with Crippen molar-refractivity contribution in [3.05, 3.63) is 0 Å². The zero-order valence-corrected chi connectivity index (χ0v) is 19.8. The molecule has 0 fully saturated rings. The van der Waals surface area contributed by atoms with E-state index in [9.17, 15) is 9.59 Å². The molecule has 4 nitrogen and oxygen atoms in total. The Morgan fingerprint density at radius 2 is 0.862 bits per heavy atom. The van der Waals surface area contributed by atoms with E-state index in [2.05, 4.69) is 27.7 Å². The molecular formula is C25H48O4. The number of hydrogen-bond acceptors (Lipinski definition) is 4.